The molecule has 5 rings (SSSR count). The van der Waals surface area contributed by atoms with Crippen LogP contribution >= 0.6 is 0 Å². The Hall–Kier alpha value is -2.71. The van der Waals surface area contributed by atoms with E-state index in [9.17, 15) is 4.39 Å². The van der Waals surface area contributed by atoms with Gasteiger partial charge in [-0.05, 0) is 68.9 Å². The Labute approximate surface area is 168 Å². The van der Waals surface area contributed by atoms with Crippen LogP contribution in [0, 0.1) is 30.1 Å². The molecule has 1 saturated carbocycles. The summed E-state index contributed by atoms with van der Waals surface area (Å²) in [6, 6.07) is 2.32. The lowest BCUT2D eigenvalue weighted by Crippen LogP contribution is -2.47. The lowest BCUT2D eigenvalue weighted by molar-refractivity contribution is 0.130. The van der Waals surface area contributed by atoms with Crippen molar-refractivity contribution in [3.8, 4) is 0 Å². The van der Waals surface area contributed by atoms with Gasteiger partial charge in [-0.2, -0.15) is 5.10 Å². The Bertz CT molecular complexity index is 1050. The summed E-state index contributed by atoms with van der Waals surface area (Å²) >= 11 is 0. The van der Waals surface area contributed by atoms with Crippen molar-refractivity contribution in [2.45, 2.75) is 39.2 Å². The summed E-state index contributed by atoms with van der Waals surface area (Å²) in [6.45, 7) is 6.22. The van der Waals surface area contributed by atoms with Gasteiger partial charge in [0, 0.05) is 18.2 Å². The van der Waals surface area contributed by atoms with Crippen molar-refractivity contribution in [3.05, 3.63) is 47.2 Å². The minimum Gasteiger partial charge on any atom is -0.328 e. The highest BCUT2D eigenvalue weighted by atomic mass is 19.1. The Kier molecular flexibility index (Phi) is 4.92. The van der Waals surface area contributed by atoms with Crippen LogP contribution in [0.5, 0.6) is 0 Å². The molecule has 0 bridgehead atoms. The van der Waals surface area contributed by atoms with Crippen LogP contribution in [0.3, 0.4) is 0 Å². The maximum absolute atomic E-state index is 13.6. The number of rotatable bonds is 1. The average Bonchev–Trinajstić information content (AvgIpc) is 3.26. The van der Waals surface area contributed by atoms with Gasteiger partial charge < -0.3 is 11.1 Å². The minimum atomic E-state index is -0.714. The number of nitrogens with one attached hydrogen (secondary N) is 3. The first-order chi connectivity index (χ1) is 13.8. The second kappa shape index (κ2) is 7.27. The summed E-state index contributed by atoms with van der Waals surface area (Å²) in [4.78, 5) is 4.36. The maximum Gasteiger partial charge on any atom is 0.156 e. The molecule has 1 aliphatic heterocycles. The van der Waals surface area contributed by atoms with Crippen LogP contribution in [0.2, 0.25) is 0 Å². The molecule has 3 heterocycles. The summed E-state index contributed by atoms with van der Waals surface area (Å²) in [6.07, 6.45) is 8.37. The molecule has 2 aromatic heterocycles. The number of nitrogens with zero attached hydrogens (tertiary/aromatic N) is 3. The molecule has 1 saturated heterocycles. The van der Waals surface area contributed by atoms with E-state index in [2.05, 4.69) is 15.4 Å². The smallest absolute Gasteiger partial charge is 0.156 e. The lowest BCUT2D eigenvalue weighted by Gasteiger charge is -2.42. The molecule has 0 radical (unpaired) electrons. The standard InChI is InChI=1S/C14H12FN5.C7H14N2/c1-7-3-12(19-20-6-8(2)18-14(7)20)9-4-10(15)13(17)11(16)5-9;8-6-3-7(4-6)1-2-9-5-7/h3-6,16-17H,1-2H3;6,9H,1-5,8H2. The molecule has 1 spiro atoms. The predicted octanol–water partition coefficient (Wildman–Crippen LogP) is 2.72. The number of allylic oxidation sites excluding steroid dienone is 4. The fraction of sp³-hybridized carbons (Fsp3) is 0.429. The average molecular weight is 395 g/mol. The summed E-state index contributed by atoms with van der Waals surface area (Å²) < 4.78 is 15.2. The molecular formula is C21H26FN7. The van der Waals surface area contributed by atoms with E-state index < -0.39 is 11.5 Å². The molecule has 2 fully saturated rings. The van der Waals surface area contributed by atoms with E-state index in [0.29, 0.717) is 22.7 Å². The molecule has 0 amide bonds. The SMILES string of the molecule is Cc1cn2nc(C3=CC(=N)C(=N)C(F)=C3)cc(C)c2n1.NC1CC2(CCNC2)C1. The molecule has 29 heavy (non-hydrogen) atoms. The Morgan fingerprint density at radius 2 is 2.03 bits per heavy atom. The Morgan fingerprint density at radius 3 is 2.66 bits per heavy atom. The number of hydrogen-bond acceptors (Lipinski definition) is 6. The van der Waals surface area contributed by atoms with E-state index in [1.807, 2.05) is 13.8 Å². The van der Waals surface area contributed by atoms with Gasteiger partial charge in [0.05, 0.1) is 23.3 Å². The molecule has 8 heteroatoms. The normalized spacial score (nSPS) is 26.1. The van der Waals surface area contributed by atoms with Crippen molar-refractivity contribution in [2.24, 2.45) is 11.1 Å². The van der Waals surface area contributed by atoms with E-state index >= 15 is 0 Å². The predicted molar refractivity (Wildman–Crippen MR) is 112 cm³/mol. The van der Waals surface area contributed by atoms with Crippen molar-refractivity contribution in [2.75, 3.05) is 13.1 Å². The van der Waals surface area contributed by atoms with Crippen molar-refractivity contribution >= 4 is 22.6 Å². The molecule has 2 aliphatic carbocycles. The minimum absolute atomic E-state index is 0.152. The zero-order valence-electron chi connectivity index (χ0n) is 16.7. The zero-order chi connectivity index (χ0) is 20.8. The van der Waals surface area contributed by atoms with E-state index in [-0.39, 0.29) is 5.71 Å². The third kappa shape index (κ3) is 3.77. The van der Waals surface area contributed by atoms with Gasteiger partial charge in [-0.15, -0.1) is 0 Å². The van der Waals surface area contributed by atoms with Crippen LogP contribution in [-0.2, 0) is 0 Å². The van der Waals surface area contributed by atoms with Crippen molar-refractivity contribution in [1.82, 2.24) is 19.9 Å². The molecule has 152 valence electrons. The van der Waals surface area contributed by atoms with E-state index in [4.69, 9.17) is 16.6 Å². The van der Waals surface area contributed by atoms with Gasteiger partial charge in [0.2, 0.25) is 0 Å². The Morgan fingerprint density at radius 1 is 1.28 bits per heavy atom. The highest BCUT2D eigenvalue weighted by Gasteiger charge is 2.43. The molecular weight excluding hydrogens is 369 g/mol. The van der Waals surface area contributed by atoms with E-state index in [1.165, 1.54) is 44.5 Å². The molecule has 0 unspecified atom stereocenters. The molecule has 0 atom stereocenters. The number of nitrogens with two attached hydrogens (primary N) is 1. The second-order valence-electron chi connectivity index (χ2n) is 8.34. The summed E-state index contributed by atoms with van der Waals surface area (Å²) in [5.41, 5.74) is 9.38. The number of fused-ring (bicyclic) bond motifs is 1. The first kappa shape index (κ1) is 19.6. The fourth-order valence-electron chi connectivity index (χ4n) is 4.34. The van der Waals surface area contributed by atoms with Gasteiger partial charge in [-0.1, -0.05) is 0 Å². The summed E-state index contributed by atoms with van der Waals surface area (Å²) in [5, 5.41) is 22.7. The molecule has 3 aliphatic rings. The maximum atomic E-state index is 13.6. The third-order valence-electron chi connectivity index (χ3n) is 5.84. The largest absolute Gasteiger partial charge is 0.328 e. The lowest BCUT2D eigenvalue weighted by atomic mass is 9.65. The quantitative estimate of drug-likeness (QED) is 0.556. The zero-order valence-corrected chi connectivity index (χ0v) is 16.7. The third-order valence-corrected chi connectivity index (χ3v) is 5.84. The number of imidazole rings is 1. The molecule has 5 N–H and O–H groups in total. The highest BCUT2D eigenvalue weighted by molar-refractivity contribution is 6.51. The number of aromatic nitrogens is 3. The first-order valence-corrected chi connectivity index (χ1v) is 9.83. The van der Waals surface area contributed by atoms with Crippen LogP contribution in [0.4, 0.5) is 4.39 Å². The van der Waals surface area contributed by atoms with Crippen molar-refractivity contribution < 1.29 is 4.39 Å². The number of halogens is 1. The summed E-state index contributed by atoms with van der Waals surface area (Å²) in [7, 11) is 0. The van der Waals surface area contributed by atoms with Crippen LogP contribution in [0.1, 0.15) is 36.2 Å². The summed E-state index contributed by atoms with van der Waals surface area (Å²) in [5.74, 6) is -0.714. The van der Waals surface area contributed by atoms with Crippen LogP contribution < -0.4 is 11.1 Å². The van der Waals surface area contributed by atoms with Gasteiger partial charge in [0.15, 0.2) is 11.5 Å². The Balaban J connectivity index is 0.000000188. The van der Waals surface area contributed by atoms with Gasteiger partial charge in [-0.25, -0.2) is 13.9 Å². The molecule has 7 nitrogen and oxygen atoms in total. The van der Waals surface area contributed by atoms with Crippen LogP contribution in [0.15, 0.2) is 30.2 Å². The first-order valence-electron chi connectivity index (χ1n) is 9.83. The fourth-order valence-corrected chi connectivity index (χ4v) is 4.34. The van der Waals surface area contributed by atoms with Gasteiger partial charge in [0.1, 0.15) is 5.71 Å². The topological polar surface area (TPSA) is 116 Å². The van der Waals surface area contributed by atoms with Gasteiger partial charge >= 0.3 is 0 Å². The van der Waals surface area contributed by atoms with E-state index in [0.717, 1.165) is 16.9 Å². The van der Waals surface area contributed by atoms with Gasteiger partial charge in [-0.3, -0.25) is 10.8 Å². The van der Waals surface area contributed by atoms with Gasteiger partial charge in [0.25, 0.3) is 0 Å². The second-order valence-corrected chi connectivity index (χ2v) is 8.34. The van der Waals surface area contributed by atoms with Crippen molar-refractivity contribution in [1.29, 1.82) is 10.8 Å². The van der Waals surface area contributed by atoms with Crippen LogP contribution in [-0.4, -0.2) is 45.2 Å². The van der Waals surface area contributed by atoms with E-state index in [1.54, 1.807) is 16.8 Å². The molecule has 2 aromatic rings. The monoisotopic (exact) mass is 395 g/mol. The van der Waals surface area contributed by atoms with Crippen LogP contribution in [0.25, 0.3) is 11.2 Å². The van der Waals surface area contributed by atoms with Crippen molar-refractivity contribution in [3.63, 3.8) is 0 Å². The molecule has 0 aromatic carbocycles. The highest BCUT2D eigenvalue weighted by Crippen LogP contribution is 2.44. The number of hydrogen-bond donors (Lipinski definition) is 4. The number of aryl methyl sites for hydroxylation is 2.